The first-order valence-corrected chi connectivity index (χ1v) is 7.42. The molecule has 0 bridgehead atoms. The zero-order valence-electron chi connectivity index (χ0n) is 10.6. The van der Waals surface area contributed by atoms with Crippen LogP contribution < -0.4 is 10.2 Å². The van der Waals surface area contributed by atoms with Crippen LogP contribution in [0.1, 0.15) is 5.69 Å². The van der Waals surface area contributed by atoms with Crippen LogP contribution in [0, 0.1) is 9.39 Å². The van der Waals surface area contributed by atoms with Crippen molar-refractivity contribution in [1.29, 1.82) is 0 Å². The highest BCUT2D eigenvalue weighted by molar-refractivity contribution is 14.1. The topological polar surface area (TPSA) is 51.5 Å². The lowest BCUT2D eigenvalue weighted by molar-refractivity contribution is 0.202. The Balaban J connectivity index is 2.87. The van der Waals surface area contributed by atoms with Crippen molar-refractivity contribution in [3.05, 3.63) is 37.4 Å². The smallest absolute Gasteiger partial charge is 0.203 e. The molecule has 0 aliphatic rings. The van der Waals surface area contributed by atoms with Crippen molar-refractivity contribution in [2.75, 3.05) is 13.2 Å². The van der Waals surface area contributed by atoms with Crippen molar-refractivity contribution >= 4 is 45.1 Å². The molecule has 0 unspecified atom stereocenters. The number of aryl methyl sites for hydroxylation is 1. The molecule has 0 amide bonds. The van der Waals surface area contributed by atoms with E-state index in [0.29, 0.717) is 14.8 Å². The van der Waals surface area contributed by atoms with E-state index in [0.717, 1.165) is 0 Å². The fourth-order valence-electron chi connectivity index (χ4n) is 2.04. The molecule has 108 valence electrons. The molecule has 4 nitrogen and oxygen atoms in total. The number of hydrogen-bond acceptors (Lipinski definition) is 3. The van der Waals surface area contributed by atoms with Gasteiger partial charge in [-0.25, -0.2) is 4.39 Å². The van der Waals surface area contributed by atoms with Gasteiger partial charge in [0.1, 0.15) is 18.2 Å². The summed E-state index contributed by atoms with van der Waals surface area (Å²) < 4.78 is 21.1. The van der Waals surface area contributed by atoms with Crippen molar-refractivity contribution in [2.24, 2.45) is 7.05 Å². The third kappa shape index (κ3) is 2.64. The van der Waals surface area contributed by atoms with Gasteiger partial charge in [-0.1, -0.05) is 0 Å². The van der Waals surface area contributed by atoms with Gasteiger partial charge in [-0.3, -0.25) is 4.79 Å². The van der Waals surface area contributed by atoms with Gasteiger partial charge in [0.2, 0.25) is 5.43 Å². The summed E-state index contributed by atoms with van der Waals surface area (Å²) in [7, 11) is 1.74. The fraction of sp³-hybridized carbons (Fsp3) is 0.308. The van der Waals surface area contributed by atoms with E-state index in [1.54, 1.807) is 11.6 Å². The molecule has 0 aliphatic carbocycles. The number of halogens is 3. The summed E-state index contributed by atoms with van der Waals surface area (Å²) in [6.07, 6.45) is 0. The summed E-state index contributed by atoms with van der Waals surface area (Å²) in [5, 5.41) is 9.06. The average molecular weight is 412 g/mol. The highest BCUT2D eigenvalue weighted by Gasteiger charge is 2.17. The molecule has 1 N–H and O–H groups in total. The standard InChI is InChI=1S/C13H12ClFINO3/c1-17-9(6-14)11(16)13(19)8-4-7(15)5-10(12(8)17)20-3-2-18/h4-5,18H,2-3,6H2,1H3. The molecular weight excluding hydrogens is 400 g/mol. The number of ether oxygens (including phenoxy) is 1. The van der Waals surface area contributed by atoms with Gasteiger partial charge in [0.05, 0.1) is 32.7 Å². The predicted molar refractivity (Wildman–Crippen MR) is 84.0 cm³/mol. The van der Waals surface area contributed by atoms with Gasteiger partial charge in [-0.05, 0) is 28.7 Å². The average Bonchev–Trinajstić information content (AvgIpc) is 2.42. The lowest BCUT2D eigenvalue weighted by Crippen LogP contribution is -2.17. The van der Waals surface area contributed by atoms with Crippen LogP contribution in [0.3, 0.4) is 0 Å². The number of aliphatic hydroxyl groups is 1. The third-order valence-corrected chi connectivity index (χ3v) is 4.32. The number of hydrogen-bond donors (Lipinski definition) is 1. The molecule has 1 heterocycles. The van der Waals surface area contributed by atoms with E-state index >= 15 is 0 Å². The van der Waals surface area contributed by atoms with E-state index < -0.39 is 5.82 Å². The van der Waals surface area contributed by atoms with Crippen molar-refractivity contribution in [2.45, 2.75) is 5.88 Å². The first kappa shape index (κ1) is 15.5. The number of aliphatic hydroxyl groups excluding tert-OH is 1. The normalized spacial score (nSPS) is 11.1. The first-order chi connectivity index (χ1) is 9.51. The molecular formula is C13H12ClFINO3. The van der Waals surface area contributed by atoms with Crippen LogP contribution >= 0.6 is 34.2 Å². The van der Waals surface area contributed by atoms with Crippen molar-refractivity contribution in [3.63, 3.8) is 0 Å². The minimum Gasteiger partial charge on any atom is -0.489 e. The van der Waals surface area contributed by atoms with Gasteiger partial charge in [-0.2, -0.15) is 0 Å². The van der Waals surface area contributed by atoms with Crippen LogP contribution in [0.5, 0.6) is 5.75 Å². The Bertz CT molecular complexity index is 717. The maximum absolute atomic E-state index is 13.6. The van der Waals surface area contributed by atoms with Crippen molar-refractivity contribution in [3.8, 4) is 5.75 Å². The van der Waals surface area contributed by atoms with Gasteiger partial charge >= 0.3 is 0 Å². The Morgan fingerprint density at radius 1 is 1.50 bits per heavy atom. The van der Waals surface area contributed by atoms with E-state index in [1.807, 2.05) is 22.6 Å². The van der Waals surface area contributed by atoms with Crippen LogP contribution in [-0.2, 0) is 12.9 Å². The maximum atomic E-state index is 13.6. The molecule has 0 spiro atoms. The molecule has 7 heteroatoms. The van der Waals surface area contributed by atoms with Crippen LogP contribution in [0.2, 0.25) is 0 Å². The monoisotopic (exact) mass is 411 g/mol. The molecule has 1 aromatic heterocycles. The largest absolute Gasteiger partial charge is 0.489 e. The van der Waals surface area contributed by atoms with Crippen LogP contribution in [-0.4, -0.2) is 22.9 Å². The predicted octanol–water partition coefficient (Wildman–Crippen LogP) is 2.39. The minimum atomic E-state index is -0.558. The third-order valence-electron chi connectivity index (χ3n) is 2.95. The zero-order chi connectivity index (χ0) is 14.9. The number of aromatic nitrogens is 1. The molecule has 2 aromatic rings. The van der Waals surface area contributed by atoms with Gasteiger partial charge in [0, 0.05) is 13.1 Å². The molecule has 0 fully saturated rings. The van der Waals surface area contributed by atoms with E-state index in [1.165, 1.54) is 12.1 Å². The second-order valence-electron chi connectivity index (χ2n) is 4.15. The molecule has 20 heavy (non-hydrogen) atoms. The maximum Gasteiger partial charge on any atom is 0.203 e. The summed E-state index contributed by atoms with van der Waals surface area (Å²) in [4.78, 5) is 12.3. The Hall–Kier alpha value is -0.860. The number of alkyl halides is 1. The Labute approximate surface area is 133 Å². The summed E-state index contributed by atoms with van der Waals surface area (Å²) in [5.74, 6) is -0.176. The quantitative estimate of drug-likeness (QED) is 0.621. The molecule has 0 aliphatic heterocycles. The van der Waals surface area contributed by atoms with Gasteiger partial charge in [0.15, 0.2) is 0 Å². The minimum absolute atomic E-state index is 0.0228. The number of rotatable bonds is 4. The Morgan fingerprint density at radius 3 is 2.80 bits per heavy atom. The number of benzene rings is 1. The molecule has 0 atom stereocenters. The molecule has 2 rings (SSSR count). The highest BCUT2D eigenvalue weighted by atomic mass is 127. The Morgan fingerprint density at radius 2 is 2.20 bits per heavy atom. The van der Waals surface area contributed by atoms with E-state index in [-0.39, 0.29) is 35.7 Å². The van der Waals surface area contributed by atoms with Crippen LogP contribution in [0.4, 0.5) is 4.39 Å². The Kier molecular flexibility index (Phi) is 4.87. The van der Waals surface area contributed by atoms with E-state index in [2.05, 4.69) is 0 Å². The van der Waals surface area contributed by atoms with E-state index in [4.69, 9.17) is 21.4 Å². The highest BCUT2D eigenvalue weighted by Crippen LogP contribution is 2.28. The second-order valence-corrected chi connectivity index (χ2v) is 5.50. The molecule has 0 radical (unpaired) electrons. The number of pyridine rings is 1. The summed E-state index contributed by atoms with van der Waals surface area (Å²) in [6, 6.07) is 2.38. The molecule has 0 saturated carbocycles. The molecule has 1 aromatic carbocycles. The van der Waals surface area contributed by atoms with Crippen molar-refractivity contribution in [1.82, 2.24) is 4.57 Å². The second kappa shape index (κ2) is 6.28. The lowest BCUT2D eigenvalue weighted by atomic mass is 10.1. The van der Waals surface area contributed by atoms with Gasteiger partial charge in [-0.15, -0.1) is 11.6 Å². The molecule has 0 saturated heterocycles. The van der Waals surface area contributed by atoms with E-state index in [9.17, 15) is 9.18 Å². The zero-order valence-corrected chi connectivity index (χ0v) is 13.5. The van der Waals surface area contributed by atoms with Gasteiger partial charge < -0.3 is 14.4 Å². The van der Waals surface area contributed by atoms with Crippen LogP contribution in [0.25, 0.3) is 10.9 Å². The fourth-order valence-corrected chi connectivity index (χ4v) is 3.42. The number of fused-ring (bicyclic) bond motifs is 1. The van der Waals surface area contributed by atoms with Crippen molar-refractivity contribution < 1.29 is 14.2 Å². The summed E-state index contributed by atoms with van der Waals surface area (Å²) in [6.45, 7) is -0.173. The number of nitrogens with zero attached hydrogens (tertiary/aromatic N) is 1. The van der Waals surface area contributed by atoms with Gasteiger partial charge in [0.25, 0.3) is 0 Å². The summed E-state index contributed by atoms with van der Waals surface area (Å²) in [5.41, 5.74) is 0.842. The first-order valence-electron chi connectivity index (χ1n) is 5.81. The summed E-state index contributed by atoms with van der Waals surface area (Å²) >= 11 is 7.79. The lowest BCUT2D eigenvalue weighted by Gasteiger charge is -2.16. The SMILES string of the molecule is Cn1c(CCl)c(I)c(=O)c2cc(F)cc(OCCO)c21. The van der Waals surface area contributed by atoms with Crippen LogP contribution in [0.15, 0.2) is 16.9 Å².